The largest absolute Gasteiger partial charge is 0.481 e. The van der Waals surface area contributed by atoms with Crippen LogP contribution in [0.15, 0.2) is 6.33 Å². The fourth-order valence-electron chi connectivity index (χ4n) is 2.80. The Morgan fingerprint density at radius 2 is 2.37 bits per heavy atom. The number of aliphatic carboxylic acids is 1. The maximum absolute atomic E-state index is 11.5. The zero-order chi connectivity index (χ0) is 13.6. The van der Waals surface area contributed by atoms with Gasteiger partial charge in [-0.2, -0.15) is 0 Å². The SMILES string of the molecule is CC[C@]1(C(=O)O)CCc2c(sc3ncnc(Cl)c23)C1. The summed E-state index contributed by atoms with van der Waals surface area (Å²) in [5.41, 5.74) is 0.518. The predicted molar refractivity (Wildman–Crippen MR) is 74.8 cm³/mol. The Bertz CT molecular complexity index is 670. The highest BCUT2D eigenvalue weighted by Gasteiger charge is 2.41. The van der Waals surface area contributed by atoms with Gasteiger partial charge in [-0.15, -0.1) is 11.3 Å². The lowest BCUT2D eigenvalue weighted by Gasteiger charge is -2.32. The minimum Gasteiger partial charge on any atom is -0.481 e. The van der Waals surface area contributed by atoms with Gasteiger partial charge in [-0.05, 0) is 31.2 Å². The molecule has 4 nitrogen and oxygen atoms in total. The lowest BCUT2D eigenvalue weighted by atomic mass is 9.72. The van der Waals surface area contributed by atoms with E-state index in [2.05, 4.69) is 9.97 Å². The highest BCUT2D eigenvalue weighted by molar-refractivity contribution is 7.19. The average molecular weight is 297 g/mol. The first kappa shape index (κ1) is 12.8. The van der Waals surface area contributed by atoms with Crippen molar-refractivity contribution in [3.05, 3.63) is 21.9 Å². The van der Waals surface area contributed by atoms with Crippen LogP contribution in [0.5, 0.6) is 0 Å². The van der Waals surface area contributed by atoms with Gasteiger partial charge in [-0.3, -0.25) is 4.79 Å². The standard InChI is InChI=1S/C13H13ClN2O2S/c1-2-13(12(17)18)4-3-7-8(5-13)19-11-9(7)10(14)15-6-16-11/h6H,2-5H2,1H3,(H,17,18)/t13-/m0/s1. The van der Waals surface area contributed by atoms with E-state index >= 15 is 0 Å². The fourth-order valence-corrected chi connectivity index (χ4v) is 4.43. The molecule has 0 aromatic carbocycles. The Balaban J connectivity index is 2.15. The quantitative estimate of drug-likeness (QED) is 0.864. The maximum atomic E-state index is 11.5. The Kier molecular flexibility index (Phi) is 2.98. The summed E-state index contributed by atoms with van der Waals surface area (Å²) in [7, 11) is 0. The molecule has 1 atom stereocenters. The molecule has 2 heterocycles. The molecular weight excluding hydrogens is 284 g/mol. The summed E-state index contributed by atoms with van der Waals surface area (Å²) in [5.74, 6) is -0.699. The Morgan fingerprint density at radius 3 is 3.05 bits per heavy atom. The van der Waals surface area contributed by atoms with Crippen LogP contribution in [-0.2, 0) is 17.6 Å². The summed E-state index contributed by atoms with van der Waals surface area (Å²) in [6, 6.07) is 0. The summed E-state index contributed by atoms with van der Waals surface area (Å²) in [4.78, 5) is 21.8. The van der Waals surface area contributed by atoms with Crippen molar-refractivity contribution < 1.29 is 9.90 Å². The molecule has 2 aromatic heterocycles. The third-order valence-corrected chi connectivity index (χ3v) is 5.53. The molecule has 0 radical (unpaired) electrons. The second-order valence-corrected chi connectivity index (χ2v) is 6.41. The molecule has 0 bridgehead atoms. The number of aryl methyl sites for hydroxylation is 1. The van der Waals surface area contributed by atoms with Crippen molar-refractivity contribution in [2.75, 3.05) is 0 Å². The summed E-state index contributed by atoms with van der Waals surface area (Å²) >= 11 is 7.69. The number of fused-ring (bicyclic) bond motifs is 3. The van der Waals surface area contributed by atoms with Gasteiger partial charge in [-0.1, -0.05) is 18.5 Å². The number of nitrogens with zero attached hydrogens (tertiary/aromatic N) is 2. The number of halogens is 1. The van der Waals surface area contributed by atoms with Crippen LogP contribution in [0.1, 0.15) is 30.2 Å². The number of thiophene rings is 1. The van der Waals surface area contributed by atoms with Crippen LogP contribution in [0.2, 0.25) is 5.15 Å². The number of aromatic nitrogens is 2. The molecule has 19 heavy (non-hydrogen) atoms. The zero-order valence-electron chi connectivity index (χ0n) is 10.4. The van der Waals surface area contributed by atoms with E-state index in [0.717, 1.165) is 27.1 Å². The number of carbonyl (C=O) groups is 1. The highest BCUT2D eigenvalue weighted by Crippen LogP contribution is 2.45. The van der Waals surface area contributed by atoms with Crippen LogP contribution < -0.4 is 0 Å². The molecule has 0 amide bonds. The molecule has 0 saturated carbocycles. The van der Waals surface area contributed by atoms with Crippen molar-refractivity contribution in [2.45, 2.75) is 32.6 Å². The fraction of sp³-hybridized carbons (Fsp3) is 0.462. The van der Waals surface area contributed by atoms with E-state index in [9.17, 15) is 9.90 Å². The first-order valence-corrected chi connectivity index (χ1v) is 7.41. The lowest BCUT2D eigenvalue weighted by molar-refractivity contribution is -0.149. The van der Waals surface area contributed by atoms with Gasteiger partial charge in [0, 0.05) is 4.88 Å². The van der Waals surface area contributed by atoms with Gasteiger partial charge in [0.1, 0.15) is 16.3 Å². The number of rotatable bonds is 2. The zero-order valence-corrected chi connectivity index (χ0v) is 12.0. The number of carboxylic acid groups (broad SMARTS) is 1. The van der Waals surface area contributed by atoms with E-state index in [1.807, 2.05) is 6.92 Å². The van der Waals surface area contributed by atoms with Crippen LogP contribution in [0.25, 0.3) is 10.2 Å². The van der Waals surface area contributed by atoms with Crippen molar-refractivity contribution in [3.63, 3.8) is 0 Å². The van der Waals surface area contributed by atoms with Gasteiger partial charge in [0.05, 0.1) is 10.8 Å². The van der Waals surface area contributed by atoms with E-state index in [-0.39, 0.29) is 0 Å². The van der Waals surface area contributed by atoms with Gasteiger partial charge in [0.15, 0.2) is 0 Å². The van der Waals surface area contributed by atoms with Crippen LogP contribution in [0.3, 0.4) is 0 Å². The third-order valence-electron chi connectivity index (χ3n) is 4.11. The van der Waals surface area contributed by atoms with Crippen molar-refractivity contribution in [1.82, 2.24) is 9.97 Å². The van der Waals surface area contributed by atoms with Crippen LogP contribution in [-0.4, -0.2) is 21.0 Å². The smallest absolute Gasteiger partial charge is 0.309 e. The molecule has 2 aromatic rings. The molecule has 0 fully saturated rings. The van der Waals surface area contributed by atoms with Crippen molar-refractivity contribution in [3.8, 4) is 0 Å². The molecular formula is C13H13ClN2O2S. The number of hydrogen-bond acceptors (Lipinski definition) is 4. The normalized spacial score (nSPS) is 22.4. The molecule has 1 aliphatic rings. The lowest BCUT2D eigenvalue weighted by Crippen LogP contribution is -2.35. The molecule has 0 spiro atoms. The second kappa shape index (κ2) is 4.42. The summed E-state index contributed by atoms with van der Waals surface area (Å²) in [6.45, 7) is 1.94. The topological polar surface area (TPSA) is 63.1 Å². The van der Waals surface area contributed by atoms with Gasteiger partial charge >= 0.3 is 5.97 Å². The minimum absolute atomic E-state index is 0.474. The maximum Gasteiger partial charge on any atom is 0.309 e. The molecule has 0 aliphatic heterocycles. The first-order chi connectivity index (χ1) is 9.07. The summed E-state index contributed by atoms with van der Waals surface area (Å²) in [5, 5.41) is 10.9. The van der Waals surface area contributed by atoms with E-state index in [1.165, 1.54) is 6.33 Å². The minimum atomic E-state index is -0.699. The van der Waals surface area contributed by atoms with Crippen molar-refractivity contribution in [2.24, 2.45) is 5.41 Å². The van der Waals surface area contributed by atoms with Crippen molar-refractivity contribution in [1.29, 1.82) is 0 Å². The molecule has 3 rings (SSSR count). The van der Waals surface area contributed by atoms with Crippen molar-refractivity contribution >= 4 is 39.1 Å². The van der Waals surface area contributed by atoms with E-state index in [4.69, 9.17) is 11.6 Å². The Labute approximate surface area is 119 Å². The van der Waals surface area contributed by atoms with Gasteiger partial charge in [0.2, 0.25) is 0 Å². The number of hydrogen-bond donors (Lipinski definition) is 1. The van der Waals surface area contributed by atoms with Crippen LogP contribution in [0, 0.1) is 5.41 Å². The summed E-state index contributed by atoms with van der Waals surface area (Å²) in [6.07, 6.45) is 4.07. The first-order valence-electron chi connectivity index (χ1n) is 6.21. The second-order valence-electron chi connectivity index (χ2n) is 4.96. The molecule has 0 saturated heterocycles. The van der Waals surface area contributed by atoms with Gasteiger partial charge in [-0.25, -0.2) is 9.97 Å². The Morgan fingerprint density at radius 1 is 1.58 bits per heavy atom. The Hall–Kier alpha value is -1.20. The molecule has 1 N–H and O–H groups in total. The highest BCUT2D eigenvalue weighted by atomic mass is 35.5. The molecule has 1 aliphatic carbocycles. The molecule has 100 valence electrons. The van der Waals surface area contributed by atoms with Gasteiger partial charge in [0.25, 0.3) is 0 Å². The summed E-state index contributed by atoms with van der Waals surface area (Å²) < 4.78 is 0. The van der Waals surface area contributed by atoms with Crippen LogP contribution >= 0.6 is 22.9 Å². The monoisotopic (exact) mass is 296 g/mol. The van der Waals surface area contributed by atoms with Gasteiger partial charge < -0.3 is 5.11 Å². The van der Waals surface area contributed by atoms with E-state index in [0.29, 0.717) is 24.4 Å². The van der Waals surface area contributed by atoms with Crippen LogP contribution in [0.4, 0.5) is 0 Å². The van der Waals surface area contributed by atoms with E-state index in [1.54, 1.807) is 11.3 Å². The number of carboxylic acids is 1. The average Bonchev–Trinajstić information content (AvgIpc) is 2.76. The molecule has 0 unspecified atom stereocenters. The van der Waals surface area contributed by atoms with E-state index < -0.39 is 11.4 Å². The third kappa shape index (κ3) is 1.83. The molecule has 6 heteroatoms. The predicted octanol–water partition coefficient (Wildman–Crippen LogP) is 3.31.